The van der Waals surface area contributed by atoms with Crippen molar-refractivity contribution >= 4 is 76.7 Å². The number of carbonyl (C=O) groups is 3. The number of Topliss-reactive ketones (excluding diaryl/α,β-unsaturated/α-hetero) is 2. The van der Waals surface area contributed by atoms with Gasteiger partial charge in [0.2, 0.25) is 0 Å². The molecule has 1 atom stereocenters. The van der Waals surface area contributed by atoms with Crippen molar-refractivity contribution in [1.29, 1.82) is 0 Å². The van der Waals surface area contributed by atoms with Gasteiger partial charge in [-0.25, -0.2) is 4.68 Å². The number of aromatic amines is 1. The summed E-state index contributed by atoms with van der Waals surface area (Å²) in [7, 11) is -14.9. The average molecular weight is 787 g/mol. The fourth-order valence-electron chi connectivity index (χ4n) is 4.42. The van der Waals surface area contributed by atoms with Gasteiger partial charge < -0.3 is 4.18 Å². The van der Waals surface area contributed by atoms with Crippen LogP contribution in [0.4, 0.5) is 5.69 Å². The Morgan fingerprint density at radius 3 is 1.96 bits per heavy atom. The van der Waals surface area contributed by atoms with Gasteiger partial charge in [0.15, 0.2) is 17.3 Å². The number of amides is 1. The molecule has 1 aliphatic heterocycles. The molecule has 3 aromatic rings. The number of carbonyl (C=O) groups excluding carboxylic acids is 3. The largest absolute Gasteiger partial charge is 0.378 e. The van der Waals surface area contributed by atoms with Crippen LogP contribution in [0.3, 0.4) is 0 Å². The van der Waals surface area contributed by atoms with Crippen LogP contribution in [0.2, 0.25) is 0 Å². The molecule has 1 amide bonds. The SMILES string of the molecule is CC(=O)C1=NN(c2cc(S(=O)(=O)O)ccc2OS(=O)O)C(=O)\C1=C/C=C/C=C/c1c(C(C)=O)[nH]n(-c2cc(S(=O)(=O)O)ccc2S(=O)(=O)O)c1=O. The molecule has 0 saturated heterocycles. The molecule has 51 heavy (non-hydrogen) atoms. The Morgan fingerprint density at radius 2 is 1.43 bits per heavy atom. The summed E-state index contributed by atoms with van der Waals surface area (Å²) in [5.74, 6) is -3.08. The monoisotopic (exact) mass is 786 g/mol. The minimum absolute atomic E-state index is 0.370. The second-order valence-corrected chi connectivity index (χ2v) is 14.9. The van der Waals surface area contributed by atoms with Gasteiger partial charge >= 0.3 is 11.4 Å². The second-order valence-electron chi connectivity index (χ2n) is 10.0. The summed E-state index contributed by atoms with van der Waals surface area (Å²) in [5.41, 5.74) is -4.02. The van der Waals surface area contributed by atoms with Gasteiger partial charge in [-0.2, -0.15) is 39.6 Å². The predicted octanol–water partition coefficient (Wildman–Crippen LogP) is 1.11. The third-order valence-electron chi connectivity index (χ3n) is 6.60. The van der Waals surface area contributed by atoms with Gasteiger partial charge in [-0.3, -0.25) is 42.5 Å². The first-order chi connectivity index (χ1) is 23.5. The van der Waals surface area contributed by atoms with Gasteiger partial charge in [-0.1, -0.05) is 18.2 Å². The van der Waals surface area contributed by atoms with E-state index >= 15 is 0 Å². The van der Waals surface area contributed by atoms with Crippen LogP contribution in [0, 0.1) is 0 Å². The summed E-state index contributed by atoms with van der Waals surface area (Å²) in [6, 6.07) is 4.19. The Labute approximate surface area is 289 Å². The third-order valence-corrected chi connectivity index (χ3v) is 9.52. The number of benzene rings is 2. The molecule has 1 unspecified atom stereocenters. The van der Waals surface area contributed by atoms with Gasteiger partial charge in [0.1, 0.15) is 22.0 Å². The Hall–Kier alpha value is -5.21. The molecule has 0 saturated carbocycles. The lowest BCUT2D eigenvalue weighted by atomic mass is 10.1. The Balaban J connectivity index is 1.75. The summed E-state index contributed by atoms with van der Waals surface area (Å²) in [6.45, 7) is 2.08. The van der Waals surface area contributed by atoms with E-state index in [0.29, 0.717) is 34.0 Å². The van der Waals surface area contributed by atoms with Gasteiger partial charge in [0.05, 0.1) is 26.6 Å². The van der Waals surface area contributed by atoms with E-state index in [1.807, 2.05) is 0 Å². The molecule has 2 aromatic carbocycles. The van der Waals surface area contributed by atoms with E-state index in [0.717, 1.165) is 44.2 Å². The van der Waals surface area contributed by atoms with E-state index in [1.54, 1.807) is 0 Å². The number of hydrogen-bond acceptors (Lipinski definition) is 13. The molecule has 20 nitrogen and oxygen atoms in total. The maximum absolute atomic E-state index is 13.3. The second kappa shape index (κ2) is 14.2. The fourth-order valence-corrected chi connectivity index (χ4v) is 6.37. The first kappa shape index (κ1) is 38.6. The van der Waals surface area contributed by atoms with Crippen molar-refractivity contribution in [2.45, 2.75) is 28.5 Å². The lowest BCUT2D eigenvalue weighted by Crippen LogP contribution is -2.23. The number of nitrogens with zero attached hydrogens (tertiary/aromatic N) is 3. The average Bonchev–Trinajstić information content (AvgIpc) is 3.51. The van der Waals surface area contributed by atoms with E-state index in [4.69, 9.17) is 4.18 Å². The summed E-state index contributed by atoms with van der Waals surface area (Å²) >= 11 is -2.96. The summed E-state index contributed by atoms with van der Waals surface area (Å²) in [5, 5.41) is 6.69. The fraction of sp³-hybridized carbons (Fsp3) is 0.0741. The first-order valence-corrected chi connectivity index (χ1v) is 18.7. The van der Waals surface area contributed by atoms with Crippen LogP contribution < -0.4 is 14.8 Å². The van der Waals surface area contributed by atoms with Crippen LogP contribution in [0.1, 0.15) is 29.9 Å². The van der Waals surface area contributed by atoms with E-state index in [9.17, 15) is 66.9 Å². The quantitative estimate of drug-likeness (QED) is 0.0564. The molecule has 0 spiro atoms. The zero-order valence-corrected chi connectivity index (χ0v) is 28.8. The number of ketones is 2. The molecule has 5 N–H and O–H groups in total. The molecule has 0 fully saturated rings. The van der Waals surface area contributed by atoms with Crippen molar-refractivity contribution in [3.63, 3.8) is 0 Å². The van der Waals surface area contributed by atoms with Gasteiger partial charge in [-0.15, -0.1) is 0 Å². The van der Waals surface area contributed by atoms with Crippen molar-refractivity contribution in [3.8, 4) is 11.4 Å². The molecule has 1 aromatic heterocycles. The minimum Gasteiger partial charge on any atom is -0.378 e. The maximum atomic E-state index is 13.3. The Kier molecular flexibility index (Phi) is 10.7. The van der Waals surface area contributed by atoms with Crippen molar-refractivity contribution in [3.05, 3.63) is 87.9 Å². The standard InChI is InChI=1S/C27H22N4O16S4/c1-14(32)24-18(26(34)30(28-24)20-12-16(49(38,39)40)8-10-22(20)47-48(36)37)6-4-3-5-7-19-25(15(2)33)29-31(27(19)35)21-13-17(50(41,42)43)9-11-23(21)51(44,45)46/h3-13,29H,1-2H3,(H,36,37)(H,38,39,40)(H,41,42,43)(H,44,45,46)/b4-3+,7-5+,18-6-. The number of rotatable bonds is 12. The molecular formula is C27H22N4O16S4. The number of allylic oxidation sites excluding steroid dienone is 4. The Bertz CT molecular complexity index is 2560. The van der Waals surface area contributed by atoms with Crippen LogP contribution in [-0.2, 0) is 51.3 Å². The molecule has 4 rings (SSSR count). The van der Waals surface area contributed by atoms with E-state index in [1.165, 1.54) is 12.2 Å². The van der Waals surface area contributed by atoms with Crippen LogP contribution >= 0.6 is 0 Å². The Morgan fingerprint density at radius 1 is 0.843 bits per heavy atom. The molecule has 0 radical (unpaired) electrons. The highest BCUT2D eigenvalue weighted by Gasteiger charge is 2.35. The highest BCUT2D eigenvalue weighted by atomic mass is 32.2. The molecule has 270 valence electrons. The molecule has 1 aliphatic rings. The number of H-pyrrole nitrogens is 1. The van der Waals surface area contributed by atoms with Gasteiger partial charge in [-0.05, 0) is 48.6 Å². The molecule has 0 bridgehead atoms. The number of anilines is 1. The van der Waals surface area contributed by atoms with Crippen LogP contribution in [0.25, 0.3) is 11.8 Å². The normalized spacial score (nSPS) is 15.6. The van der Waals surface area contributed by atoms with Crippen LogP contribution in [-0.4, -0.2) is 80.6 Å². The number of nitrogens with one attached hydrogen (secondary N) is 1. The van der Waals surface area contributed by atoms with Gasteiger partial charge in [0.25, 0.3) is 41.8 Å². The number of hydrogen-bond donors (Lipinski definition) is 5. The summed E-state index contributed by atoms with van der Waals surface area (Å²) < 4.78 is 125. The minimum atomic E-state index is -5.08. The lowest BCUT2D eigenvalue weighted by molar-refractivity contribution is -0.115. The highest BCUT2D eigenvalue weighted by Crippen LogP contribution is 2.35. The van der Waals surface area contributed by atoms with Gasteiger partial charge in [0, 0.05) is 13.8 Å². The zero-order chi connectivity index (χ0) is 38.2. The number of aromatic nitrogens is 2. The zero-order valence-electron chi connectivity index (χ0n) is 25.5. The molecule has 2 heterocycles. The molecule has 0 aliphatic carbocycles. The van der Waals surface area contributed by atoms with E-state index < -0.39 is 108 Å². The van der Waals surface area contributed by atoms with E-state index in [2.05, 4.69) is 10.2 Å². The number of hydrazone groups is 1. The van der Waals surface area contributed by atoms with Crippen molar-refractivity contribution in [2.24, 2.45) is 5.10 Å². The van der Waals surface area contributed by atoms with Crippen molar-refractivity contribution < 1.29 is 66.2 Å². The lowest BCUT2D eigenvalue weighted by Gasteiger charge is -2.16. The highest BCUT2D eigenvalue weighted by molar-refractivity contribution is 7.86. The van der Waals surface area contributed by atoms with Crippen LogP contribution in [0.15, 0.2) is 90.9 Å². The smallest absolute Gasteiger partial charge is 0.357 e. The van der Waals surface area contributed by atoms with E-state index in [-0.39, 0.29) is 11.1 Å². The molecule has 24 heteroatoms. The maximum Gasteiger partial charge on any atom is 0.357 e. The van der Waals surface area contributed by atoms with Crippen molar-refractivity contribution in [1.82, 2.24) is 9.78 Å². The topological polar surface area (TPSA) is 314 Å². The molecular weight excluding hydrogens is 765 g/mol. The third kappa shape index (κ3) is 8.40. The summed E-state index contributed by atoms with van der Waals surface area (Å²) in [6.07, 6.45) is 5.67. The van der Waals surface area contributed by atoms with Crippen molar-refractivity contribution in [2.75, 3.05) is 5.01 Å². The van der Waals surface area contributed by atoms with Crippen LogP contribution in [0.5, 0.6) is 5.75 Å². The summed E-state index contributed by atoms with van der Waals surface area (Å²) in [4.78, 5) is 48.8. The first-order valence-electron chi connectivity index (χ1n) is 13.4. The predicted molar refractivity (Wildman–Crippen MR) is 176 cm³/mol.